The molecule has 3 heteroatoms. The van der Waals surface area contributed by atoms with E-state index in [9.17, 15) is 0 Å². The molecular weight excluding hydrogens is 232 g/mol. The molecule has 0 rings (SSSR count). The molecule has 0 aromatic heterocycles. The second-order valence-electron chi connectivity index (χ2n) is 4.46. The summed E-state index contributed by atoms with van der Waals surface area (Å²) in [5.74, 6) is 0. The first-order valence-corrected chi connectivity index (χ1v) is 5.50. The van der Waals surface area contributed by atoms with Crippen LogP contribution in [-0.4, -0.2) is 27.2 Å². The highest BCUT2D eigenvalue weighted by atomic mass is 79.9. The average Bonchev–Trinajstić information content (AvgIpc) is 1.86. The van der Waals surface area contributed by atoms with Gasteiger partial charge in [0.2, 0.25) is 0 Å². The molecule has 0 aliphatic rings. The largest absolute Gasteiger partial charge is 0.393 e. The smallest absolute Gasteiger partial charge is 0.0634 e. The summed E-state index contributed by atoms with van der Waals surface area (Å²) in [6, 6.07) is 0. The predicted molar refractivity (Wildman–Crippen MR) is 61.2 cm³/mol. The monoisotopic (exact) mass is 254 g/mol. The topological polar surface area (TPSA) is 40.5 Å². The Hall–Kier alpha value is 0.400. The summed E-state index contributed by atoms with van der Waals surface area (Å²) in [5.41, 5.74) is 0.0556. The third kappa shape index (κ3) is 12.4. The van der Waals surface area contributed by atoms with Crippen LogP contribution in [0.15, 0.2) is 0 Å². The van der Waals surface area contributed by atoms with E-state index in [0.717, 1.165) is 0 Å². The molecule has 0 heterocycles. The van der Waals surface area contributed by atoms with Crippen LogP contribution in [0.4, 0.5) is 0 Å². The van der Waals surface area contributed by atoms with Crippen molar-refractivity contribution in [2.45, 2.75) is 58.6 Å². The van der Waals surface area contributed by atoms with Crippen LogP contribution >= 0.6 is 15.9 Å². The standard InChI is InChI=1S/C6H14O.C4H9BrO/c1-5(7)6(2,3)4;1-3(5)4(2)6/h5,7H,1-4H3;3-4,6H,1-2H3. The Morgan fingerprint density at radius 1 is 1.00 bits per heavy atom. The van der Waals surface area contributed by atoms with E-state index in [0.29, 0.717) is 0 Å². The van der Waals surface area contributed by atoms with Crippen molar-refractivity contribution in [3.8, 4) is 0 Å². The van der Waals surface area contributed by atoms with Gasteiger partial charge in [-0.25, -0.2) is 0 Å². The van der Waals surface area contributed by atoms with E-state index >= 15 is 0 Å². The molecule has 2 nitrogen and oxygen atoms in total. The van der Waals surface area contributed by atoms with E-state index in [2.05, 4.69) is 15.9 Å². The van der Waals surface area contributed by atoms with Gasteiger partial charge in [-0.1, -0.05) is 43.6 Å². The highest BCUT2D eigenvalue weighted by Gasteiger charge is 2.15. The van der Waals surface area contributed by atoms with Crippen LogP contribution in [0.1, 0.15) is 41.5 Å². The van der Waals surface area contributed by atoms with Gasteiger partial charge in [-0.3, -0.25) is 0 Å². The molecule has 0 aromatic rings. The van der Waals surface area contributed by atoms with Gasteiger partial charge in [0.1, 0.15) is 0 Å². The van der Waals surface area contributed by atoms with Crippen LogP contribution in [0, 0.1) is 5.41 Å². The lowest BCUT2D eigenvalue weighted by Gasteiger charge is -2.21. The zero-order chi connectivity index (χ0) is 11.2. The van der Waals surface area contributed by atoms with E-state index in [1.807, 2.05) is 27.7 Å². The summed E-state index contributed by atoms with van der Waals surface area (Å²) in [7, 11) is 0. The fourth-order valence-corrected chi connectivity index (χ4v) is 0. The first-order valence-electron chi connectivity index (χ1n) is 4.59. The molecule has 0 aliphatic carbocycles. The van der Waals surface area contributed by atoms with Crippen molar-refractivity contribution in [2.24, 2.45) is 5.41 Å². The van der Waals surface area contributed by atoms with Crippen molar-refractivity contribution in [3.63, 3.8) is 0 Å². The summed E-state index contributed by atoms with van der Waals surface area (Å²) < 4.78 is 0. The first-order chi connectivity index (χ1) is 5.59. The maximum atomic E-state index is 8.89. The van der Waals surface area contributed by atoms with E-state index in [-0.39, 0.29) is 22.5 Å². The molecule has 0 amide bonds. The molecular formula is C10H23BrO2. The molecule has 3 unspecified atom stereocenters. The van der Waals surface area contributed by atoms with Gasteiger partial charge >= 0.3 is 0 Å². The Labute approximate surface area is 90.5 Å². The molecule has 2 N–H and O–H groups in total. The van der Waals surface area contributed by atoms with Gasteiger partial charge in [0, 0.05) is 4.83 Å². The lowest BCUT2D eigenvalue weighted by molar-refractivity contribution is 0.0801. The highest BCUT2D eigenvalue weighted by Crippen LogP contribution is 2.17. The zero-order valence-corrected chi connectivity index (χ0v) is 11.1. The fourth-order valence-electron chi connectivity index (χ4n) is 0. The van der Waals surface area contributed by atoms with E-state index in [1.54, 1.807) is 13.8 Å². The third-order valence-corrected chi connectivity index (χ3v) is 2.68. The Bertz CT molecular complexity index is 109. The SMILES string of the molecule is CC(O)C(C)(C)C.CC(O)C(C)Br. The van der Waals surface area contributed by atoms with Crippen LogP contribution < -0.4 is 0 Å². The van der Waals surface area contributed by atoms with Gasteiger partial charge in [0.15, 0.2) is 0 Å². The normalized spacial score (nSPS) is 18.2. The molecule has 0 saturated heterocycles. The number of hydrogen-bond donors (Lipinski definition) is 2. The van der Waals surface area contributed by atoms with Gasteiger partial charge in [-0.05, 0) is 19.3 Å². The molecule has 13 heavy (non-hydrogen) atoms. The zero-order valence-electron chi connectivity index (χ0n) is 9.50. The summed E-state index contributed by atoms with van der Waals surface area (Å²) in [4.78, 5) is 0.220. The molecule has 0 aliphatic heterocycles. The number of aliphatic hydroxyl groups is 2. The van der Waals surface area contributed by atoms with Crippen molar-refractivity contribution in [1.29, 1.82) is 0 Å². The maximum Gasteiger partial charge on any atom is 0.0634 e. The molecule has 0 spiro atoms. The molecule has 0 saturated carbocycles. The van der Waals surface area contributed by atoms with Crippen molar-refractivity contribution < 1.29 is 10.2 Å². The second kappa shape index (κ2) is 6.80. The highest BCUT2D eigenvalue weighted by molar-refractivity contribution is 9.09. The summed E-state index contributed by atoms with van der Waals surface area (Å²) in [5, 5.41) is 17.5. The van der Waals surface area contributed by atoms with E-state index < -0.39 is 0 Å². The molecule has 0 radical (unpaired) electrons. The van der Waals surface area contributed by atoms with Crippen molar-refractivity contribution in [1.82, 2.24) is 0 Å². The summed E-state index contributed by atoms with van der Waals surface area (Å²) >= 11 is 3.19. The number of aliphatic hydroxyl groups excluding tert-OH is 2. The minimum atomic E-state index is -0.231. The van der Waals surface area contributed by atoms with E-state index in [4.69, 9.17) is 10.2 Å². The number of halogens is 1. The van der Waals surface area contributed by atoms with Gasteiger partial charge in [0.25, 0.3) is 0 Å². The minimum Gasteiger partial charge on any atom is -0.393 e. The molecule has 0 aromatic carbocycles. The Morgan fingerprint density at radius 3 is 1.15 bits per heavy atom. The predicted octanol–water partition coefficient (Wildman–Crippen LogP) is 2.56. The number of rotatable bonds is 1. The quantitative estimate of drug-likeness (QED) is 0.707. The lowest BCUT2D eigenvalue weighted by atomic mass is 9.91. The third-order valence-electron chi connectivity index (χ3n) is 1.92. The second-order valence-corrected chi connectivity index (χ2v) is 5.90. The number of hydrogen-bond acceptors (Lipinski definition) is 2. The van der Waals surface area contributed by atoms with Crippen LogP contribution in [0.5, 0.6) is 0 Å². The average molecular weight is 255 g/mol. The van der Waals surface area contributed by atoms with Crippen LogP contribution in [0.25, 0.3) is 0 Å². The van der Waals surface area contributed by atoms with Crippen LogP contribution in [0.2, 0.25) is 0 Å². The van der Waals surface area contributed by atoms with Gasteiger partial charge in [-0.15, -0.1) is 0 Å². The van der Waals surface area contributed by atoms with Gasteiger partial charge in [-0.2, -0.15) is 0 Å². The minimum absolute atomic E-state index is 0.0556. The molecule has 3 atom stereocenters. The van der Waals surface area contributed by atoms with Crippen LogP contribution in [0.3, 0.4) is 0 Å². The van der Waals surface area contributed by atoms with E-state index in [1.165, 1.54) is 0 Å². The van der Waals surface area contributed by atoms with Crippen molar-refractivity contribution in [3.05, 3.63) is 0 Å². The maximum absolute atomic E-state index is 8.89. The lowest BCUT2D eigenvalue weighted by Crippen LogP contribution is -2.21. The summed E-state index contributed by atoms with van der Waals surface area (Å²) in [6.45, 7) is 11.5. The van der Waals surface area contributed by atoms with Gasteiger partial charge < -0.3 is 10.2 Å². The molecule has 0 fully saturated rings. The van der Waals surface area contributed by atoms with Crippen molar-refractivity contribution in [2.75, 3.05) is 0 Å². The Morgan fingerprint density at radius 2 is 1.15 bits per heavy atom. The first kappa shape index (κ1) is 15.9. The van der Waals surface area contributed by atoms with Crippen LogP contribution in [-0.2, 0) is 0 Å². The molecule has 82 valence electrons. The Kier molecular flexibility index (Phi) is 8.29. The molecule has 0 bridgehead atoms. The van der Waals surface area contributed by atoms with Gasteiger partial charge in [0.05, 0.1) is 12.2 Å². The Balaban J connectivity index is 0. The van der Waals surface area contributed by atoms with Crippen molar-refractivity contribution >= 4 is 15.9 Å². The fraction of sp³-hybridized carbons (Fsp3) is 1.00. The summed E-state index contributed by atoms with van der Waals surface area (Å²) in [6.07, 6.45) is -0.433. The number of alkyl halides is 1.